The van der Waals surface area contributed by atoms with Gasteiger partial charge in [0.2, 0.25) is 5.91 Å². The van der Waals surface area contributed by atoms with Gasteiger partial charge in [-0.3, -0.25) is 4.79 Å². The Morgan fingerprint density at radius 1 is 1.28 bits per heavy atom. The SMILES string of the molecule is O=C(CCCO)NCc1ccccc1C(F)(F)F. The quantitative estimate of drug-likeness (QED) is 0.852. The van der Waals surface area contributed by atoms with Crippen molar-refractivity contribution in [3.05, 3.63) is 35.4 Å². The molecule has 0 saturated carbocycles. The highest BCUT2D eigenvalue weighted by molar-refractivity contribution is 5.75. The smallest absolute Gasteiger partial charge is 0.396 e. The van der Waals surface area contributed by atoms with E-state index in [2.05, 4.69) is 5.32 Å². The molecule has 0 atom stereocenters. The summed E-state index contributed by atoms with van der Waals surface area (Å²) in [5.74, 6) is -0.374. The normalized spacial score (nSPS) is 11.3. The molecule has 3 nitrogen and oxygen atoms in total. The molecule has 1 amide bonds. The zero-order chi connectivity index (χ0) is 13.6. The number of amides is 1. The first-order valence-electron chi connectivity index (χ1n) is 5.48. The molecular formula is C12H14F3NO2. The molecule has 0 unspecified atom stereocenters. The van der Waals surface area contributed by atoms with Gasteiger partial charge >= 0.3 is 6.18 Å². The fourth-order valence-electron chi connectivity index (χ4n) is 1.47. The van der Waals surface area contributed by atoms with E-state index in [9.17, 15) is 18.0 Å². The summed E-state index contributed by atoms with van der Waals surface area (Å²) in [5.41, 5.74) is -0.713. The first-order valence-corrected chi connectivity index (χ1v) is 5.48. The molecule has 0 heterocycles. The summed E-state index contributed by atoms with van der Waals surface area (Å²) in [5, 5.41) is 10.9. The van der Waals surface area contributed by atoms with Crippen molar-refractivity contribution < 1.29 is 23.1 Å². The number of rotatable bonds is 5. The number of hydrogen-bond acceptors (Lipinski definition) is 2. The predicted octanol–water partition coefficient (Wildman–Crippen LogP) is 2.09. The van der Waals surface area contributed by atoms with Gasteiger partial charge in [-0.25, -0.2) is 0 Å². The van der Waals surface area contributed by atoms with E-state index in [0.717, 1.165) is 6.07 Å². The number of carbonyl (C=O) groups is 1. The van der Waals surface area contributed by atoms with Gasteiger partial charge < -0.3 is 10.4 Å². The number of nitrogens with one attached hydrogen (secondary N) is 1. The fraction of sp³-hybridized carbons (Fsp3) is 0.417. The minimum atomic E-state index is -4.42. The summed E-state index contributed by atoms with van der Waals surface area (Å²) in [6.45, 7) is -0.285. The van der Waals surface area contributed by atoms with Crippen LogP contribution in [0.2, 0.25) is 0 Å². The van der Waals surface area contributed by atoms with Crippen molar-refractivity contribution in [2.45, 2.75) is 25.6 Å². The minimum Gasteiger partial charge on any atom is -0.396 e. The number of aliphatic hydroxyl groups excluding tert-OH is 1. The molecule has 0 radical (unpaired) electrons. The lowest BCUT2D eigenvalue weighted by atomic mass is 10.1. The average molecular weight is 261 g/mol. The van der Waals surface area contributed by atoms with Crippen molar-refractivity contribution in [3.63, 3.8) is 0 Å². The lowest BCUT2D eigenvalue weighted by molar-refractivity contribution is -0.138. The summed E-state index contributed by atoms with van der Waals surface area (Å²) in [4.78, 5) is 11.2. The lowest BCUT2D eigenvalue weighted by Crippen LogP contribution is -2.24. The molecule has 1 aromatic rings. The van der Waals surface area contributed by atoms with Crippen LogP contribution < -0.4 is 5.32 Å². The van der Waals surface area contributed by atoms with Crippen LogP contribution in [0, 0.1) is 0 Å². The molecule has 1 rings (SSSR count). The number of benzene rings is 1. The number of alkyl halides is 3. The topological polar surface area (TPSA) is 49.3 Å². The van der Waals surface area contributed by atoms with Gasteiger partial charge in [0.25, 0.3) is 0 Å². The van der Waals surface area contributed by atoms with Crippen LogP contribution in [0.4, 0.5) is 13.2 Å². The third-order valence-electron chi connectivity index (χ3n) is 2.36. The summed E-state index contributed by atoms with van der Waals surface area (Å²) in [6, 6.07) is 5.11. The molecule has 18 heavy (non-hydrogen) atoms. The van der Waals surface area contributed by atoms with E-state index >= 15 is 0 Å². The van der Waals surface area contributed by atoms with Gasteiger partial charge in [0.05, 0.1) is 5.56 Å². The third-order valence-corrected chi connectivity index (χ3v) is 2.36. The Balaban J connectivity index is 2.65. The molecule has 0 aromatic heterocycles. The van der Waals surface area contributed by atoms with Crippen LogP contribution in [0.5, 0.6) is 0 Å². The number of aliphatic hydroxyl groups is 1. The number of hydrogen-bond donors (Lipinski definition) is 2. The van der Waals surface area contributed by atoms with E-state index in [4.69, 9.17) is 5.11 Å². The highest BCUT2D eigenvalue weighted by Gasteiger charge is 2.32. The highest BCUT2D eigenvalue weighted by Crippen LogP contribution is 2.31. The molecular weight excluding hydrogens is 247 g/mol. The van der Waals surface area contributed by atoms with E-state index in [1.807, 2.05) is 0 Å². The lowest BCUT2D eigenvalue weighted by Gasteiger charge is -2.13. The molecule has 6 heteroatoms. The van der Waals surface area contributed by atoms with Gasteiger partial charge in [-0.05, 0) is 18.1 Å². The first kappa shape index (κ1) is 14.5. The van der Waals surface area contributed by atoms with E-state index in [1.54, 1.807) is 0 Å². The van der Waals surface area contributed by atoms with Crippen LogP contribution in [0.1, 0.15) is 24.0 Å². The van der Waals surface area contributed by atoms with Gasteiger partial charge in [-0.1, -0.05) is 18.2 Å². The Labute approximate surface area is 103 Å². The van der Waals surface area contributed by atoms with E-state index in [1.165, 1.54) is 18.2 Å². The average Bonchev–Trinajstić information content (AvgIpc) is 2.33. The number of carbonyl (C=O) groups excluding carboxylic acids is 1. The predicted molar refractivity (Wildman–Crippen MR) is 59.6 cm³/mol. The Morgan fingerprint density at radius 3 is 2.56 bits per heavy atom. The second-order valence-corrected chi connectivity index (χ2v) is 3.76. The maximum atomic E-state index is 12.6. The van der Waals surface area contributed by atoms with Crippen molar-refractivity contribution in [1.29, 1.82) is 0 Å². The zero-order valence-electron chi connectivity index (χ0n) is 9.63. The van der Waals surface area contributed by atoms with Crippen LogP contribution in [-0.4, -0.2) is 17.6 Å². The standard InChI is InChI=1S/C12H14F3NO2/c13-12(14,15)10-5-2-1-4-9(10)8-16-11(18)6-3-7-17/h1-2,4-5,17H,3,6-8H2,(H,16,18). The summed E-state index contributed by atoms with van der Waals surface area (Å²) in [7, 11) is 0. The maximum Gasteiger partial charge on any atom is 0.416 e. The second-order valence-electron chi connectivity index (χ2n) is 3.76. The maximum absolute atomic E-state index is 12.6. The molecule has 1 aromatic carbocycles. The summed E-state index contributed by atoms with van der Waals surface area (Å²) < 4.78 is 37.9. The molecule has 0 aliphatic heterocycles. The minimum absolute atomic E-state index is 0.0300. The molecule has 100 valence electrons. The molecule has 0 saturated heterocycles. The Morgan fingerprint density at radius 2 is 1.94 bits per heavy atom. The molecule has 0 spiro atoms. The van der Waals surface area contributed by atoms with Gasteiger partial charge in [0.15, 0.2) is 0 Å². The monoisotopic (exact) mass is 261 g/mol. The van der Waals surface area contributed by atoms with Crippen molar-refractivity contribution in [3.8, 4) is 0 Å². The molecule has 0 aliphatic rings. The first-order chi connectivity index (χ1) is 8.45. The van der Waals surface area contributed by atoms with Crippen LogP contribution in [-0.2, 0) is 17.5 Å². The number of halogens is 3. The Hall–Kier alpha value is -1.56. The Bertz CT molecular complexity index is 405. The molecule has 0 aliphatic carbocycles. The fourth-order valence-corrected chi connectivity index (χ4v) is 1.47. The van der Waals surface area contributed by atoms with Crippen molar-refractivity contribution in [1.82, 2.24) is 5.32 Å². The van der Waals surface area contributed by atoms with Crippen molar-refractivity contribution in [2.75, 3.05) is 6.61 Å². The highest BCUT2D eigenvalue weighted by atomic mass is 19.4. The van der Waals surface area contributed by atoms with Gasteiger partial charge in [-0.2, -0.15) is 13.2 Å². The van der Waals surface area contributed by atoms with Gasteiger partial charge in [0.1, 0.15) is 0 Å². The van der Waals surface area contributed by atoms with Crippen LogP contribution in [0.25, 0.3) is 0 Å². The van der Waals surface area contributed by atoms with Crippen molar-refractivity contribution >= 4 is 5.91 Å². The van der Waals surface area contributed by atoms with E-state index < -0.39 is 11.7 Å². The van der Waals surface area contributed by atoms with E-state index in [0.29, 0.717) is 6.42 Å². The summed E-state index contributed by atoms with van der Waals surface area (Å²) >= 11 is 0. The zero-order valence-corrected chi connectivity index (χ0v) is 9.63. The van der Waals surface area contributed by atoms with E-state index in [-0.39, 0.29) is 31.0 Å². The van der Waals surface area contributed by atoms with Gasteiger partial charge in [0, 0.05) is 19.6 Å². The molecule has 0 fully saturated rings. The van der Waals surface area contributed by atoms with Crippen LogP contribution in [0.15, 0.2) is 24.3 Å². The second kappa shape index (κ2) is 6.39. The largest absolute Gasteiger partial charge is 0.416 e. The van der Waals surface area contributed by atoms with Crippen molar-refractivity contribution in [2.24, 2.45) is 0 Å². The third kappa shape index (κ3) is 4.37. The van der Waals surface area contributed by atoms with Crippen LogP contribution >= 0.6 is 0 Å². The van der Waals surface area contributed by atoms with Gasteiger partial charge in [-0.15, -0.1) is 0 Å². The molecule has 0 bridgehead atoms. The molecule has 2 N–H and O–H groups in total. The summed E-state index contributed by atoms with van der Waals surface area (Å²) in [6.07, 6.45) is -4.02. The van der Waals surface area contributed by atoms with Crippen LogP contribution in [0.3, 0.4) is 0 Å². The Kier molecular flexibility index (Phi) is 5.15.